The van der Waals surface area contributed by atoms with Gasteiger partial charge in [-0.3, -0.25) is 0 Å². The van der Waals surface area contributed by atoms with Crippen LogP contribution < -0.4 is 10.1 Å². The molecule has 0 saturated carbocycles. The second-order valence-electron chi connectivity index (χ2n) is 4.49. The summed E-state index contributed by atoms with van der Waals surface area (Å²) in [4.78, 5) is 4.46. The van der Waals surface area contributed by atoms with E-state index in [1.54, 1.807) is 7.11 Å². The number of ether oxygens (including phenoxy) is 1. The minimum absolute atomic E-state index is 0.563. The third-order valence-corrected chi connectivity index (χ3v) is 3.48. The first-order valence-electron chi connectivity index (χ1n) is 6.10. The maximum atomic E-state index is 5.28. The number of imidazole rings is 1. The van der Waals surface area contributed by atoms with Crippen molar-refractivity contribution < 1.29 is 4.74 Å². The molecule has 1 N–H and O–H groups in total. The molecule has 2 heterocycles. The molecule has 0 atom stereocenters. The predicted octanol–water partition coefficient (Wildman–Crippen LogP) is 1.97. The summed E-state index contributed by atoms with van der Waals surface area (Å²) in [6, 6.07) is 6.62. The van der Waals surface area contributed by atoms with Gasteiger partial charge < -0.3 is 14.6 Å². The van der Waals surface area contributed by atoms with Crippen LogP contribution in [0.4, 0.5) is 0 Å². The molecule has 90 valence electrons. The van der Waals surface area contributed by atoms with Gasteiger partial charge in [-0.1, -0.05) is 0 Å². The smallest absolute Gasteiger partial charge is 0.121 e. The minimum atomic E-state index is 0.563. The number of rotatable bonds is 2. The van der Waals surface area contributed by atoms with Crippen LogP contribution in [-0.4, -0.2) is 29.8 Å². The molecule has 0 spiro atoms. The minimum Gasteiger partial charge on any atom is -0.497 e. The molecule has 1 fully saturated rings. The average molecular weight is 231 g/mol. The number of fused-ring (bicyclic) bond motifs is 1. The highest BCUT2D eigenvalue weighted by molar-refractivity contribution is 5.77. The lowest BCUT2D eigenvalue weighted by atomic mass is 10.1. The van der Waals surface area contributed by atoms with Crippen LogP contribution in [0, 0.1) is 0 Å². The van der Waals surface area contributed by atoms with E-state index in [-0.39, 0.29) is 0 Å². The van der Waals surface area contributed by atoms with E-state index in [4.69, 9.17) is 4.74 Å². The lowest BCUT2D eigenvalue weighted by Gasteiger charge is -2.24. The van der Waals surface area contributed by atoms with Crippen molar-refractivity contribution in [1.82, 2.24) is 14.9 Å². The van der Waals surface area contributed by atoms with Crippen molar-refractivity contribution in [1.29, 1.82) is 0 Å². The predicted molar refractivity (Wildman–Crippen MR) is 67.4 cm³/mol. The number of piperidine rings is 1. The van der Waals surface area contributed by atoms with Crippen LogP contribution in [0.15, 0.2) is 24.5 Å². The summed E-state index contributed by atoms with van der Waals surface area (Å²) >= 11 is 0. The second kappa shape index (κ2) is 4.37. The summed E-state index contributed by atoms with van der Waals surface area (Å²) in [6.45, 7) is 2.18. The van der Waals surface area contributed by atoms with Crippen molar-refractivity contribution >= 4 is 11.0 Å². The van der Waals surface area contributed by atoms with Crippen molar-refractivity contribution in [2.45, 2.75) is 18.9 Å². The van der Waals surface area contributed by atoms with Gasteiger partial charge in [0.05, 0.1) is 24.5 Å². The van der Waals surface area contributed by atoms with E-state index in [0.717, 1.165) is 24.4 Å². The van der Waals surface area contributed by atoms with Crippen molar-refractivity contribution in [3.05, 3.63) is 24.5 Å². The molecule has 1 aromatic carbocycles. The molecule has 2 aromatic rings. The van der Waals surface area contributed by atoms with Gasteiger partial charge in [0.1, 0.15) is 5.75 Å². The highest BCUT2D eigenvalue weighted by Gasteiger charge is 2.17. The Balaban J connectivity index is 2.02. The van der Waals surface area contributed by atoms with Crippen molar-refractivity contribution in [2.24, 2.45) is 0 Å². The molecule has 1 aliphatic heterocycles. The molecule has 1 aromatic heterocycles. The van der Waals surface area contributed by atoms with Gasteiger partial charge in [-0.2, -0.15) is 0 Å². The highest BCUT2D eigenvalue weighted by Crippen LogP contribution is 2.26. The van der Waals surface area contributed by atoms with Crippen LogP contribution in [0.5, 0.6) is 5.75 Å². The summed E-state index contributed by atoms with van der Waals surface area (Å²) in [6.07, 6.45) is 4.30. The number of aromatic nitrogens is 2. The van der Waals surface area contributed by atoms with E-state index in [2.05, 4.69) is 20.9 Å². The van der Waals surface area contributed by atoms with Crippen LogP contribution in [0.3, 0.4) is 0 Å². The van der Waals surface area contributed by atoms with Crippen LogP contribution in [0.1, 0.15) is 18.9 Å². The lowest BCUT2D eigenvalue weighted by Crippen LogP contribution is -2.29. The van der Waals surface area contributed by atoms with E-state index in [0.29, 0.717) is 6.04 Å². The molecule has 17 heavy (non-hydrogen) atoms. The number of benzene rings is 1. The molecule has 0 amide bonds. The molecule has 3 rings (SSSR count). The zero-order chi connectivity index (χ0) is 11.7. The Hall–Kier alpha value is -1.55. The standard InChI is InChI=1S/C13H17N3O/c1-17-11-2-3-12-13(8-11)16(9-15-12)10-4-6-14-7-5-10/h2-3,8-10,14H,4-7H2,1H3. The van der Waals surface area contributed by atoms with E-state index < -0.39 is 0 Å². The van der Waals surface area contributed by atoms with Gasteiger partial charge in [-0.15, -0.1) is 0 Å². The van der Waals surface area contributed by atoms with Crippen molar-refractivity contribution in [3.8, 4) is 5.75 Å². The molecule has 0 radical (unpaired) electrons. The monoisotopic (exact) mass is 231 g/mol. The third kappa shape index (κ3) is 1.89. The summed E-state index contributed by atoms with van der Waals surface area (Å²) in [5, 5.41) is 3.39. The lowest BCUT2D eigenvalue weighted by molar-refractivity contribution is 0.374. The fraction of sp³-hybridized carbons (Fsp3) is 0.462. The number of nitrogens with one attached hydrogen (secondary N) is 1. The SMILES string of the molecule is COc1ccc2ncn(C3CCNCC3)c2c1. The fourth-order valence-corrected chi connectivity index (χ4v) is 2.51. The Morgan fingerprint density at radius 3 is 2.94 bits per heavy atom. The first kappa shape index (κ1) is 10.6. The Morgan fingerprint density at radius 2 is 2.18 bits per heavy atom. The van der Waals surface area contributed by atoms with Crippen LogP contribution >= 0.6 is 0 Å². The molecule has 0 bridgehead atoms. The summed E-state index contributed by atoms with van der Waals surface area (Å²) in [5.41, 5.74) is 2.22. The number of hydrogen-bond donors (Lipinski definition) is 1. The summed E-state index contributed by atoms with van der Waals surface area (Å²) < 4.78 is 7.57. The fourth-order valence-electron chi connectivity index (χ4n) is 2.51. The Labute approximate surface area is 101 Å². The first-order chi connectivity index (χ1) is 8.38. The largest absolute Gasteiger partial charge is 0.497 e. The van der Waals surface area contributed by atoms with E-state index in [1.165, 1.54) is 18.4 Å². The second-order valence-corrected chi connectivity index (χ2v) is 4.49. The molecule has 1 saturated heterocycles. The van der Waals surface area contributed by atoms with Gasteiger partial charge in [0.15, 0.2) is 0 Å². The molecule has 4 nitrogen and oxygen atoms in total. The van der Waals surface area contributed by atoms with Gasteiger partial charge in [0.25, 0.3) is 0 Å². The van der Waals surface area contributed by atoms with Gasteiger partial charge in [-0.05, 0) is 38.1 Å². The molecule has 1 aliphatic rings. The van der Waals surface area contributed by atoms with Gasteiger partial charge in [0.2, 0.25) is 0 Å². The Kier molecular flexibility index (Phi) is 2.73. The Morgan fingerprint density at radius 1 is 1.35 bits per heavy atom. The van der Waals surface area contributed by atoms with Gasteiger partial charge >= 0.3 is 0 Å². The number of hydrogen-bond acceptors (Lipinski definition) is 3. The molecule has 0 aliphatic carbocycles. The molecule has 4 heteroatoms. The quantitative estimate of drug-likeness (QED) is 0.859. The maximum Gasteiger partial charge on any atom is 0.121 e. The van der Waals surface area contributed by atoms with Crippen molar-refractivity contribution in [3.63, 3.8) is 0 Å². The summed E-state index contributed by atoms with van der Waals surface area (Å²) in [5.74, 6) is 0.896. The van der Waals surface area contributed by atoms with Crippen LogP contribution in [-0.2, 0) is 0 Å². The molecular formula is C13H17N3O. The summed E-state index contributed by atoms with van der Waals surface area (Å²) in [7, 11) is 1.70. The zero-order valence-corrected chi connectivity index (χ0v) is 10.0. The first-order valence-corrected chi connectivity index (χ1v) is 6.10. The van der Waals surface area contributed by atoms with Gasteiger partial charge in [0, 0.05) is 12.1 Å². The van der Waals surface area contributed by atoms with Gasteiger partial charge in [-0.25, -0.2) is 4.98 Å². The van der Waals surface area contributed by atoms with E-state index in [9.17, 15) is 0 Å². The zero-order valence-electron chi connectivity index (χ0n) is 10.0. The van der Waals surface area contributed by atoms with E-state index in [1.807, 2.05) is 18.5 Å². The van der Waals surface area contributed by atoms with Crippen molar-refractivity contribution in [2.75, 3.05) is 20.2 Å². The highest BCUT2D eigenvalue weighted by atomic mass is 16.5. The number of methoxy groups -OCH3 is 1. The number of nitrogens with zero attached hydrogens (tertiary/aromatic N) is 2. The van der Waals surface area contributed by atoms with Crippen LogP contribution in [0.25, 0.3) is 11.0 Å². The maximum absolute atomic E-state index is 5.28. The topological polar surface area (TPSA) is 39.1 Å². The molecule has 0 unspecified atom stereocenters. The van der Waals surface area contributed by atoms with E-state index >= 15 is 0 Å². The molecular weight excluding hydrogens is 214 g/mol. The Bertz CT molecular complexity index is 514. The third-order valence-electron chi connectivity index (χ3n) is 3.48. The normalized spacial score (nSPS) is 17.5. The average Bonchev–Trinajstić information content (AvgIpc) is 2.82. The van der Waals surface area contributed by atoms with Crippen LogP contribution in [0.2, 0.25) is 0 Å².